The van der Waals surface area contributed by atoms with Crippen LogP contribution in [-0.2, 0) is 0 Å². The summed E-state index contributed by atoms with van der Waals surface area (Å²) in [5, 5.41) is 12.6. The van der Waals surface area contributed by atoms with Crippen LogP contribution in [0.1, 0.15) is 22.2 Å². The summed E-state index contributed by atoms with van der Waals surface area (Å²) in [5.74, 6) is -0.392. The van der Waals surface area contributed by atoms with E-state index in [0.29, 0.717) is 22.4 Å². The number of alkyl halides is 2. The van der Waals surface area contributed by atoms with Crippen molar-refractivity contribution in [2.75, 3.05) is 6.54 Å². The Morgan fingerprint density at radius 1 is 1.29 bits per heavy atom. The zero-order chi connectivity index (χ0) is 17.1. The molecular weight excluding hydrogens is 322 g/mol. The molecule has 1 amide bonds. The fourth-order valence-electron chi connectivity index (χ4n) is 2.24. The molecule has 3 rings (SSSR count). The number of fused-ring (bicyclic) bond motifs is 1. The van der Waals surface area contributed by atoms with Gasteiger partial charge in [0.25, 0.3) is 5.91 Å². The van der Waals surface area contributed by atoms with Gasteiger partial charge in [-0.1, -0.05) is 12.1 Å². The van der Waals surface area contributed by atoms with Gasteiger partial charge in [0.15, 0.2) is 5.58 Å². The molecule has 0 fully saturated rings. The number of amides is 1. The number of halogens is 2. The molecule has 6 nitrogen and oxygen atoms in total. The number of benzene rings is 1. The highest BCUT2D eigenvalue weighted by Gasteiger charge is 2.14. The molecule has 8 heteroatoms. The fourth-order valence-corrected chi connectivity index (χ4v) is 2.24. The van der Waals surface area contributed by atoms with Crippen molar-refractivity contribution >= 4 is 17.0 Å². The number of aliphatic hydroxyl groups is 1. The van der Waals surface area contributed by atoms with E-state index in [-0.39, 0.29) is 12.3 Å². The van der Waals surface area contributed by atoms with Crippen LogP contribution in [0.25, 0.3) is 11.1 Å². The minimum Gasteiger partial charge on any atom is -0.463 e. The summed E-state index contributed by atoms with van der Waals surface area (Å²) in [6.07, 6.45) is 0.529. The monoisotopic (exact) mass is 336 g/mol. The van der Waals surface area contributed by atoms with E-state index in [9.17, 15) is 18.7 Å². The van der Waals surface area contributed by atoms with Crippen molar-refractivity contribution in [1.82, 2.24) is 10.3 Å². The van der Waals surface area contributed by atoms with E-state index in [4.69, 9.17) is 4.42 Å². The number of ether oxygens (including phenoxy) is 1. The lowest BCUT2D eigenvalue weighted by Crippen LogP contribution is -2.28. The number of H-pyrrole nitrogens is 1. The van der Waals surface area contributed by atoms with Crippen LogP contribution in [0.3, 0.4) is 0 Å². The Kier molecular flexibility index (Phi) is 4.48. The molecule has 2 aromatic heterocycles. The lowest BCUT2D eigenvalue weighted by atomic mass is 10.1. The maximum absolute atomic E-state index is 12.1. The van der Waals surface area contributed by atoms with E-state index in [2.05, 4.69) is 15.0 Å². The Labute approximate surface area is 135 Å². The standard InChI is InChI=1S/C16H14F2N2O4/c17-16(18)24-10-3-1-9(2-4-10)13(21)8-19-15(22)12-7-14-11(20-12)5-6-23-14/h1-7,13,16,20-21H,8H2,(H,19,22). The highest BCUT2D eigenvalue weighted by molar-refractivity contribution is 5.96. The third kappa shape index (κ3) is 3.54. The van der Waals surface area contributed by atoms with Gasteiger partial charge >= 0.3 is 6.61 Å². The second-order valence-corrected chi connectivity index (χ2v) is 5.05. The van der Waals surface area contributed by atoms with E-state index in [1.165, 1.54) is 30.5 Å². The fraction of sp³-hybridized carbons (Fsp3) is 0.188. The predicted octanol–water partition coefficient (Wildman–Crippen LogP) is 2.83. The number of nitrogens with one attached hydrogen (secondary N) is 2. The smallest absolute Gasteiger partial charge is 0.387 e. The van der Waals surface area contributed by atoms with Crippen LogP contribution < -0.4 is 10.1 Å². The van der Waals surface area contributed by atoms with Gasteiger partial charge in [0, 0.05) is 18.7 Å². The Hall–Kier alpha value is -2.87. The number of furan rings is 1. The molecule has 0 aliphatic heterocycles. The molecule has 3 aromatic rings. The molecule has 0 bridgehead atoms. The minimum atomic E-state index is -2.90. The van der Waals surface area contributed by atoms with Crippen LogP contribution >= 0.6 is 0 Å². The maximum Gasteiger partial charge on any atom is 0.387 e. The van der Waals surface area contributed by atoms with E-state index in [1.807, 2.05) is 0 Å². The zero-order valence-corrected chi connectivity index (χ0v) is 12.3. The third-order valence-electron chi connectivity index (χ3n) is 3.43. The second kappa shape index (κ2) is 6.71. The zero-order valence-electron chi connectivity index (χ0n) is 12.3. The first-order chi connectivity index (χ1) is 11.5. The second-order valence-electron chi connectivity index (χ2n) is 5.05. The molecule has 0 radical (unpaired) electrons. The van der Waals surface area contributed by atoms with Gasteiger partial charge in [-0.05, 0) is 17.7 Å². The number of aromatic amines is 1. The van der Waals surface area contributed by atoms with Gasteiger partial charge in [-0.3, -0.25) is 4.79 Å². The van der Waals surface area contributed by atoms with E-state index in [0.717, 1.165) is 0 Å². The van der Waals surface area contributed by atoms with Gasteiger partial charge in [-0.25, -0.2) is 0 Å². The normalized spacial score (nSPS) is 12.5. The van der Waals surface area contributed by atoms with Crippen molar-refractivity contribution in [1.29, 1.82) is 0 Å². The third-order valence-corrected chi connectivity index (χ3v) is 3.43. The van der Waals surface area contributed by atoms with Crippen molar-refractivity contribution < 1.29 is 27.8 Å². The quantitative estimate of drug-likeness (QED) is 0.646. The average Bonchev–Trinajstić information content (AvgIpc) is 3.14. The SMILES string of the molecule is O=C(NCC(O)c1ccc(OC(F)F)cc1)c1cc2occc2[nH]1. The van der Waals surface area contributed by atoms with Crippen LogP contribution in [-0.4, -0.2) is 29.2 Å². The van der Waals surface area contributed by atoms with Gasteiger partial charge in [0.05, 0.1) is 17.9 Å². The Balaban J connectivity index is 1.57. The summed E-state index contributed by atoms with van der Waals surface area (Å²) < 4.78 is 33.5. The molecule has 0 saturated heterocycles. The number of carbonyl (C=O) groups excluding carboxylic acids is 1. The van der Waals surface area contributed by atoms with Gasteiger partial charge in [-0.2, -0.15) is 8.78 Å². The van der Waals surface area contributed by atoms with Gasteiger partial charge in [-0.15, -0.1) is 0 Å². The van der Waals surface area contributed by atoms with Gasteiger partial charge in [0.1, 0.15) is 11.4 Å². The molecule has 3 N–H and O–H groups in total. The van der Waals surface area contributed by atoms with Crippen molar-refractivity contribution in [3.63, 3.8) is 0 Å². The van der Waals surface area contributed by atoms with Gasteiger partial charge in [0.2, 0.25) is 0 Å². The molecule has 1 unspecified atom stereocenters. The summed E-state index contributed by atoms with van der Waals surface area (Å²) >= 11 is 0. The maximum atomic E-state index is 12.1. The molecule has 24 heavy (non-hydrogen) atoms. The lowest BCUT2D eigenvalue weighted by Gasteiger charge is -2.12. The highest BCUT2D eigenvalue weighted by Crippen LogP contribution is 2.19. The minimum absolute atomic E-state index is 0.000980. The number of aliphatic hydroxyl groups excluding tert-OH is 1. The predicted molar refractivity (Wildman–Crippen MR) is 80.9 cm³/mol. The summed E-state index contributed by atoms with van der Waals surface area (Å²) in [5.41, 5.74) is 2.06. The first-order valence-corrected chi connectivity index (χ1v) is 7.10. The number of hydrogen-bond donors (Lipinski definition) is 3. The Morgan fingerprint density at radius 2 is 2.04 bits per heavy atom. The number of rotatable bonds is 6. The topological polar surface area (TPSA) is 87.5 Å². The molecule has 126 valence electrons. The van der Waals surface area contributed by atoms with Crippen LogP contribution in [0.15, 0.2) is 47.1 Å². The largest absolute Gasteiger partial charge is 0.463 e. The Morgan fingerprint density at radius 3 is 2.71 bits per heavy atom. The Bertz CT molecular complexity index is 798. The van der Waals surface area contributed by atoms with Crippen LogP contribution in [0.4, 0.5) is 8.78 Å². The first-order valence-electron chi connectivity index (χ1n) is 7.10. The van der Waals surface area contributed by atoms with E-state index in [1.54, 1.807) is 12.1 Å². The van der Waals surface area contributed by atoms with Crippen molar-refractivity contribution in [3.8, 4) is 5.75 Å². The van der Waals surface area contributed by atoms with Gasteiger partial charge < -0.3 is 24.6 Å². The van der Waals surface area contributed by atoms with Crippen LogP contribution in [0.5, 0.6) is 5.75 Å². The highest BCUT2D eigenvalue weighted by atomic mass is 19.3. The molecular formula is C16H14F2N2O4. The summed E-state index contributed by atoms with van der Waals surface area (Å²) in [6, 6.07) is 8.82. The van der Waals surface area contributed by atoms with Crippen molar-refractivity contribution in [3.05, 3.63) is 53.9 Å². The molecule has 0 spiro atoms. The lowest BCUT2D eigenvalue weighted by molar-refractivity contribution is -0.0498. The van der Waals surface area contributed by atoms with E-state index < -0.39 is 18.6 Å². The number of hydrogen-bond acceptors (Lipinski definition) is 4. The molecule has 0 aliphatic rings. The van der Waals surface area contributed by atoms with Crippen molar-refractivity contribution in [2.24, 2.45) is 0 Å². The molecule has 2 heterocycles. The number of carbonyl (C=O) groups is 1. The average molecular weight is 336 g/mol. The van der Waals surface area contributed by atoms with Crippen LogP contribution in [0.2, 0.25) is 0 Å². The van der Waals surface area contributed by atoms with Crippen molar-refractivity contribution in [2.45, 2.75) is 12.7 Å². The molecule has 0 saturated carbocycles. The van der Waals surface area contributed by atoms with Crippen LogP contribution in [0, 0.1) is 0 Å². The molecule has 0 aliphatic carbocycles. The summed E-state index contributed by atoms with van der Waals surface area (Å²) in [6.45, 7) is -2.94. The van der Waals surface area contributed by atoms with E-state index >= 15 is 0 Å². The molecule has 1 aromatic carbocycles. The summed E-state index contributed by atoms with van der Waals surface area (Å²) in [7, 11) is 0. The number of aromatic nitrogens is 1. The summed E-state index contributed by atoms with van der Waals surface area (Å²) in [4.78, 5) is 14.9. The molecule has 1 atom stereocenters. The first kappa shape index (κ1) is 16.0.